The molecular weight excluding hydrogens is 376 g/mol. The third-order valence-corrected chi connectivity index (χ3v) is 5.30. The zero-order valence-corrected chi connectivity index (χ0v) is 17.6. The van der Waals surface area contributed by atoms with Gasteiger partial charge < -0.3 is 10.1 Å². The summed E-state index contributed by atoms with van der Waals surface area (Å²) in [4.78, 5) is 12.9. The monoisotopic (exact) mass is 402 g/mol. The molecule has 2 aromatic rings. The molecule has 0 radical (unpaired) electrons. The predicted molar refractivity (Wildman–Crippen MR) is 110 cm³/mol. The number of anilines is 1. The zero-order chi connectivity index (χ0) is 20.7. The summed E-state index contributed by atoms with van der Waals surface area (Å²) < 4.78 is 31.4. The molecule has 0 spiro atoms. The van der Waals surface area contributed by atoms with Gasteiger partial charge in [0.1, 0.15) is 11.4 Å². The summed E-state index contributed by atoms with van der Waals surface area (Å²) in [6, 6.07) is 10.7. The minimum atomic E-state index is -3.37. The summed E-state index contributed by atoms with van der Waals surface area (Å²) in [7, 11) is -3.37. The van der Waals surface area contributed by atoms with Gasteiger partial charge in [-0.05, 0) is 57.5 Å². The van der Waals surface area contributed by atoms with E-state index in [-0.39, 0.29) is 17.6 Å². The lowest BCUT2D eigenvalue weighted by molar-refractivity contribution is 0.0619. The second-order valence-electron chi connectivity index (χ2n) is 8.04. The highest BCUT2D eigenvalue weighted by Crippen LogP contribution is 2.40. The lowest BCUT2D eigenvalue weighted by Crippen LogP contribution is -2.41. The van der Waals surface area contributed by atoms with Crippen LogP contribution in [0.2, 0.25) is 0 Å². The molecular formula is C21H26N2O4S. The van der Waals surface area contributed by atoms with Gasteiger partial charge in [0.2, 0.25) is 10.0 Å². The molecule has 2 N–H and O–H groups in total. The van der Waals surface area contributed by atoms with Crippen LogP contribution in [0, 0.1) is 13.8 Å². The fraction of sp³-hybridized carbons (Fsp3) is 0.381. The Kier molecular flexibility index (Phi) is 5.14. The van der Waals surface area contributed by atoms with Crippen molar-refractivity contribution in [1.29, 1.82) is 0 Å². The highest BCUT2D eigenvalue weighted by atomic mass is 32.2. The van der Waals surface area contributed by atoms with Gasteiger partial charge in [-0.15, -0.1) is 0 Å². The summed E-state index contributed by atoms with van der Waals surface area (Å²) in [5, 5.41) is 3.11. The largest absolute Gasteiger partial charge is 0.487 e. The Labute approximate surface area is 166 Å². The maximum Gasteiger partial charge on any atom is 0.251 e. The van der Waals surface area contributed by atoms with Crippen LogP contribution in [0.25, 0.3) is 0 Å². The number of nitrogens with one attached hydrogen (secondary N) is 2. The third-order valence-electron chi connectivity index (χ3n) is 4.71. The second kappa shape index (κ2) is 7.13. The Morgan fingerprint density at radius 2 is 1.86 bits per heavy atom. The van der Waals surface area contributed by atoms with Gasteiger partial charge in [-0.2, -0.15) is 0 Å². The molecule has 1 atom stereocenters. The van der Waals surface area contributed by atoms with Gasteiger partial charge >= 0.3 is 0 Å². The first-order valence-corrected chi connectivity index (χ1v) is 11.0. The van der Waals surface area contributed by atoms with Gasteiger partial charge in [0.05, 0.1) is 18.0 Å². The highest BCUT2D eigenvalue weighted by molar-refractivity contribution is 7.92. The van der Waals surface area contributed by atoms with Crippen LogP contribution in [0.5, 0.6) is 5.75 Å². The van der Waals surface area contributed by atoms with Crippen LogP contribution in [0.15, 0.2) is 36.4 Å². The molecule has 1 amide bonds. The average molecular weight is 403 g/mol. The van der Waals surface area contributed by atoms with Crippen molar-refractivity contribution in [3.8, 4) is 5.75 Å². The number of carbonyl (C=O) groups is 1. The predicted octanol–water partition coefficient (Wildman–Crippen LogP) is 3.71. The number of benzene rings is 2. The molecule has 1 aliphatic rings. The molecule has 7 heteroatoms. The lowest BCUT2D eigenvalue weighted by Gasteiger charge is -2.38. The Balaban J connectivity index is 1.85. The van der Waals surface area contributed by atoms with E-state index in [0.29, 0.717) is 23.2 Å². The van der Waals surface area contributed by atoms with Crippen molar-refractivity contribution < 1.29 is 17.9 Å². The van der Waals surface area contributed by atoms with Gasteiger partial charge in [-0.25, -0.2) is 8.42 Å². The summed E-state index contributed by atoms with van der Waals surface area (Å²) in [5.41, 5.74) is 3.32. The van der Waals surface area contributed by atoms with Gasteiger partial charge in [0, 0.05) is 17.5 Å². The Morgan fingerprint density at radius 1 is 1.14 bits per heavy atom. The molecule has 0 saturated carbocycles. The fourth-order valence-corrected chi connectivity index (χ4v) is 4.09. The lowest BCUT2D eigenvalue weighted by atomic mass is 9.88. The van der Waals surface area contributed by atoms with Gasteiger partial charge in [0.25, 0.3) is 5.91 Å². The summed E-state index contributed by atoms with van der Waals surface area (Å²) >= 11 is 0. The van der Waals surface area contributed by atoms with Crippen molar-refractivity contribution in [1.82, 2.24) is 5.32 Å². The standard InChI is InChI=1S/C21H26N2O4S/c1-13-6-9-19-16(10-13)18(12-21(3,4)27-19)22-20(24)15-7-8-17(14(2)11-15)23-28(5,25)26/h6-11,18,23H,12H2,1-5H3,(H,22,24)/t18-/m1/s1. The molecule has 0 bridgehead atoms. The Morgan fingerprint density at radius 3 is 2.50 bits per heavy atom. The van der Waals surface area contributed by atoms with Crippen LogP contribution in [0.1, 0.15) is 53.4 Å². The highest BCUT2D eigenvalue weighted by Gasteiger charge is 2.34. The van der Waals surface area contributed by atoms with E-state index in [1.807, 2.05) is 39.0 Å². The molecule has 150 valence electrons. The number of sulfonamides is 1. The van der Waals surface area contributed by atoms with Crippen molar-refractivity contribution >= 4 is 21.6 Å². The average Bonchev–Trinajstić information content (AvgIpc) is 2.55. The molecule has 1 heterocycles. The van der Waals surface area contributed by atoms with Crippen LogP contribution < -0.4 is 14.8 Å². The van der Waals surface area contributed by atoms with Crippen molar-refractivity contribution in [2.24, 2.45) is 0 Å². The van der Waals surface area contributed by atoms with Crippen molar-refractivity contribution in [3.63, 3.8) is 0 Å². The smallest absolute Gasteiger partial charge is 0.251 e. The number of hydrogen-bond acceptors (Lipinski definition) is 4. The van der Waals surface area contributed by atoms with Crippen LogP contribution in [-0.4, -0.2) is 26.2 Å². The number of amides is 1. The van der Waals surface area contributed by atoms with Crippen molar-refractivity contribution in [3.05, 3.63) is 58.7 Å². The number of ether oxygens (including phenoxy) is 1. The Hall–Kier alpha value is -2.54. The number of fused-ring (bicyclic) bond motifs is 1. The van der Waals surface area contributed by atoms with E-state index in [0.717, 1.165) is 23.1 Å². The normalized spacial score (nSPS) is 18.0. The molecule has 0 aliphatic carbocycles. The van der Waals surface area contributed by atoms with Crippen LogP contribution >= 0.6 is 0 Å². The minimum absolute atomic E-state index is 0.166. The van der Waals surface area contributed by atoms with E-state index in [1.54, 1.807) is 25.1 Å². The van der Waals surface area contributed by atoms with Crippen molar-refractivity contribution in [2.75, 3.05) is 11.0 Å². The fourth-order valence-electron chi connectivity index (χ4n) is 3.46. The number of hydrogen-bond donors (Lipinski definition) is 2. The molecule has 0 aromatic heterocycles. The molecule has 0 saturated heterocycles. The maximum atomic E-state index is 12.9. The SMILES string of the molecule is Cc1ccc2c(c1)[C@H](NC(=O)c1ccc(NS(C)(=O)=O)c(C)c1)CC(C)(C)O2. The van der Waals surface area contributed by atoms with Gasteiger partial charge in [-0.1, -0.05) is 17.7 Å². The topological polar surface area (TPSA) is 84.5 Å². The summed E-state index contributed by atoms with van der Waals surface area (Å²) in [6.07, 6.45) is 1.75. The maximum absolute atomic E-state index is 12.9. The van der Waals surface area contributed by atoms with E-state index in [9.17, 15) is 13.2 Å². The number of aryl methyl sites for hydroxylation is 2. The number of rotatable bonds is 4. The van der Waals surface area contributed by atoms with E-state index in [1.165, 1.54) is 0 Å². The minimum Gasteiger partial charge on any atom is -0.487 e. The first-order valence-electron chi connectivity index (χ1n) is 9.12. The van der Waals surface area contributed by atoms with E-state index < -0.39 is 10.0 Å². The molecule has 1 aliphatic heterocycles. The second-order valence-corrected chi connectivity index (χ2v) is 9.79. The first-order chi connectivity index (χ1) is 12.9. The van der Waals surface area contributed by atoms with E-state index >= 15 is 0 Å². The van der Waals surface area contributed by atoms with Gasteiger partial charge in [0.15, 0.2) is 0 Å². The molecule has 2 aromatic carbocycles. The quantitative estimate of drug-likeness (QED) is 0.817. The zero-order valence-electron chi connectivity index (χ0n) is 16.8. The molecule has 3 rings (SSSR count). The molecule has 0 fully saturated rings. The summed E-state index contributed by atoms with van der Waals surface area (Å²) in [5.74, 6) is 0.584. The molecule has 28 heavy (non-hydrogen) atoms. The first kappa shape index (κ1) is 20.2. The van der Waals surface area contributed by atoms with Crippen LogP contribution in [0.3, 0.4) is 0 Å². The van der Waals surface area contributed by atoms with Crippen LogP contribution in [-0.2, 0) is 10.0 Å². The van der Waals surface area contributed by atoms with Crippen molar-refractivity contribution in [2.45, 2.75) is 45.8 Å². The van der Waals surface area contributed by atoms with Gasteiger partial charge in [-0.3, -0.25) is 9.52 Å². The van der Waals surface area contributed by atoms with Crippen LogP contribution in [0.4, 0.5) is 5.69 Å². The van der Waals surface area contributed by atoms with E-state index in [4.69, 9.17) is 4.74 Å². The third kappa shape index (κ3) is 4.65. The molecule has 6 nitrogen and oxygen atoms in total. The summed E-state index contributed by atoms with van der Waals surface area (Å²) in [6.45, 7) is 7.78. The molecule has 0 unspecified atom stereocenters. The van der Waals surface area contributed by atoms with E-state index in [2.05, 4.69) is 10.0 Å². The Bertz CT molecular complexity index is 1030. The number of carbonyl (C=O) groups excluding carboxylic acids is 1.